The number of fused-ring (bicyclic) bond motifs is 1. The molecule has 4 rings (SSSR count). The maximum Gasteiger partial charge on any atom is 0.242 e. The highest BCUT2D eigenvalue weighted by molar-refractivity contribution is 5.80. The molecule has 6 nitrogen and oxygen atoms in total. The SMILES string of the molecule is CN1C(=O)C[C@H]2CCN(C(=O)Cn3ccnc3-c3ccccc3)C[C@H]21. The number of carbonyl (C=O) groups excluding carboxylic acids is 2. The van der Waals surface area contributed by atoms with Crippen LogP contribution in [0.5, 0.6) is 0 Å². The third-order valence-corrected chi connectivity index (χ3v) is 5.45. The summed E-state index contributed by atoms with van der Waals surface area (Å²) < 4.78 is 1.90. The normalized spacial score (nSPS) is 23.0. The van der Waals surface area contributed by atoms with Crippen molar-refractivity contribution in [2.45, 2.75) is 25.4 Å². The molecule has 0 spiro atoms. The Morgan fingerprint density at radius 3 is 2.88 bits per heavy atom. The first kappa shape index (κ1) is 15.9. The van der Waals surface area contributed by atoms with Gasteiger partial charge >= 0.3 is 0 Å². The third-order valence-electron chi connectivity index (χ3n) is 5.45. The van der Waals surface area contributed by atoms with Gasteiger partial charge in [-0.15, -0.1) is 0 Å². The molecule has 0 bridgehead atoms. The van der Waals surface area contributed by atoms with E-state index in [1.54, 1.807) is 6.20 Å². The molecule has 0 unspecified atom stereocenters. The molecule has 25 heavy (non-hydrogen) atoms. The molecule has 6 heteroatoms. The number of hydrogen-bond acceptors (Lipinski definition) is 3. The molecule has 0 aliphatic carbocycles. The van der Waals surface area contributed by atoms with Crippen LogP contribution in [-0.2, 0) is 16.1 Å². The van der Waals surface area contributed by atoms with Gasteiger partial charge in [0.25, 0.3) is 0 Å². The number of rotatable bonds is 3. The number of likely N-dealkylation sites (N-methyl/N-ethyl adjacent to an activating group) is 1. The molecule has 2 aliphatic rings. The zero-order valence-electron chi connectivity index (χ0n) is 14.3. The van der Waals surface area contributed by atoms with Gasteiger partial charge in [-0.1, -0.05) is 30.3 Å². The lowest BCUT2D eigenvalue weighted by Crippen LogP contribution is -2.50. The van der Waals surface area contributed by atoms with E-state index in [9.17, 15) is 9.59 Å². The summed E-state index contributed by atoms with van der Waals surface area (Å²) in [7, 11) is 1.85. The highest BCUT2D eigenvalue weighted by Gasteiger charge is 2.41. The molecule has 0 N–H and O–H groups in total. The first-order chi connectivity index (χ1) is 12.1. The van der Waals surface area contributed by atoms with Gasteiger partial charge in [0, 0.05) is 44.5 Å². The largest absolute Gasteiger partial charge is 0.341 e. The molecule has 2 atom stereocenters. The van der Waals surface area contributed by atoms with E-state index in [-0.39, 0.29) is 24.4 Å². The van der Waals surface area contributed by atoms with E-state index in [4.69, 9.17) is 0 Å². The van der Waals surface area contributed by atoms with E-state index in [0.29, 0.717) is 18.9 Å². The first-order valence-corrected chi connectivity index (χ1v) is 8.73. The van der Waals surface area contributed by atoms with Crippen molar-refractivity contribution in [2.75, 3.05) is 20.1 Å². The summed E-state index contributed by atoms with van der Waals surface area (Å²) in [5, 5.41) is 0. The lowest BCUT2D eigenvalue weighted by molar-refractivity contribution is -0.135. The first-order valence-electron chi connectivity index (χ1n) is 8.73. The van der Waals surface area contributed by atoms with Gasteiger partial charge < -0.3 is 14.4 Å². The highest BCUT2D eigenvalue weighted by Crippen LogP contribution is 2.31. The fraction of sp³-hybridized carbons (Fsp3) is 0.421. The van der Waals surface area contributed by atoms with Gasteiger partial charge in [0.2, 0.25) is 11.8 Å². The van der Waals surface area contributed by atoms with Crippen molar-refractivity contribution in [2.24, 2.45) is 5.92 Å². The quantitative estimate of drug-likeness (QED) is 0.855. The minimum atomic E-state index is 0.0846. The number of benzene rings is 1. The van der Waals surface area contributed by atoms with E-state index in [1.165, 1.54) is 0 Å². The van der Waals surface area contributed by atoms with Crippen LogP contribution in [-0.4, -0.2) is 57.3 Å². The molecule has 130 valence electrons. The molecule has 1 aromatic heterocycles. The summed E-state index contributed by atoms with van der Waals surface area (Å²) in [6.45, 7) is 1.65. The maximum atomic E-state index is 12.8. The Hall–Kier alpha value is -2.63. The van der Waals surface area contributed by atoms with Gasteiger partial charge in [-0.25, -0.2) is 4.98 Å². The monoisotopic (exact) mass is 338 g/mol. The standard InChI is InChI=1S/C19H22N4O2/c1-21-16-12-22(9-7-15(16)11-17(21)24)18(25)13-23-10-8-20-19(23)14-5-3-2-4-6-14/h2-6,8,10,15-16H,7,9,11-13H2,1H3/t15-,16-/m1/s1. The van der Waals surface area contributed by atoms with Gasteiger partial charge in [0.05, 0.1) is 6.04 Å². The Morgan fingerprint density at radius 1 is 1.28 bits per heavy atom. The summed E-state index contributed by atoms with van der Waals surface area (Å²) in [4.78, 5) is 32.8. The number of carbonyl (C=O) groups is 2. The summed E-state index contributed by atoms with van der Waals surface area (Å²) in [6, 6.07) is 10.1. The maximum absolute atomic E-state index is 12.8. The van der Waals surface area contributed by atoms with Crippen LogP contribution in [0.4, 0.5) is 0 Å². The zero-order valence-corrected chi connectivity index (χ0v) is 14.3. The minimum absolute atomic E-state index is 0.0846. The smallest absolute Gasteiger partial charge is 0.242 e. The number of nitrogens with zero attached hydrogens (tertiary/aromatic N) is 4. The van der Waals surface area contributed by atoms with E-state index >= 15 is 0 Å². The molecule has 2 saturated heterocycles. The highest BCUT2D eigenvalue weighted by atomic mass is 16.2. The van der Waals surface area contributed by atoms with Gasteiger partial charge in [-0.2, -0.15) is 0 Å². The lowest BCUT2D eigenvalue weighted by atomic mass is 9.92. The molecule has 3 heterocycles. The van der Waals surface area contributed by atoms with Crippen LogP contribution in [0.1, 0.15) is 12.8 Å². The zero-order chi connectivity index (χ0) is 17.4. The molecular weight excluding hydrogens is 316 g/mol. The van der Waals surface area contributed by atoms with Crippen molar-refractivity contribution in [1.82, 2.24) is 19.4 Å². The van der Waals surface area contributed by atoms with Crippen molar-refractivity contribution in [3.05, 3.63) is 42.7 Å². The van der Waals surface area contributed by atoms with Gasteiger partial charge in [-0.05, 0) is 12.3 Å². The summed E-state index contributed by atoms with van der Waals surface area (Å²) in [6.07, 6.45) is 5.11. The van der Waals surface area contributed by atoms with Crippen molar-refractivity contribution in [3.8, 4) is 11.4 Å². The van der Waals surface area contributed by atoms with Gasteiger partial charge in [0.1, 0.15) is 12.4 Å². The Balaban J connectivity index is 1.47. The number of likely N-dealkylation sites (tertiary alicyclic amines) is 2. The van der Waals surface area contributed by atoms with Crippen LogP contribution in [0, 0.1) is 5.92 Å². The molecular formula is C19H22N4O2. The van der Waals surface area contributed by atoms with E-state index in [1.807, 2.05) is 57.9 Å². The average molecular weight is 338 g/mol. The minimum Gasteiger partial charge on any atom is -0.341 e. The number of hydrogen-bond donors (Lipinski definition) is 0. The van der Waals surface area contributed by atoms with E-state index in [0.717, 1.165) is 24.4 Å². The second kappa shape index (κ2) is 6.35. The van der Waals surface area contributed by atoms with Crippen molar-refractivity contribution in [1.29, 1.82) is 0 Å². The van der Waals surface area contributed by atoms with E-state index < -0.39 is 0 Å². The fourth-order valence-electron chi connectivity index (χ4n) is 3.97. The Bertz CT molecular complexity index is 786. The molecule has 2 aliphatic heterocycles. The molecule has 0 radical (unpaired) electrons. The molecule has 0 saturated carbocycles. The van der Waals surface area contributed by atoms with E-state index in [2.05, 4.69) is 4.98 Å². The van der Waals surface area contributed by atoms with Crippen LogP contribution in [0.15, 0.2) is 42.7 Å². The second-order valence-corrected chi connectivity index (χ2v) is 6.91. The van der Waals surface area contributed by atoms with Crippen LogP contribution in [0.3, 0.4) is 0 Å². The van der Waals surface area contributed by atoms with Crippen LogP contribution in [0.25, 0.3) is 11.4 Å². The van der Waals surface area contributed by atoms with Crippen molar-refractivity contribution in [3.63, 3.8) is 0 Å². The predicted molar refractivity (Wildman–Crippen MR) is 93.5 cm³/mol. The van der Waals surface area contributed by atoms with Crippen LogP contribution < -0.4 is 0 Å². The van der Waals surface area contributed by atoms with Crippen molar-refractivity contribution >= 4 is 11.8 Å². The van der Waals surface area contributed by atoms with Crippen LogP contribution >= 0.6 is 0 Å². The second-order valence-electron chi connectivity index (χ2n) is 6.91. The summed E-state index contributed by atoms with van der Waals surface area (Å²) in [5.41, 5.74) is 1.00. The Kier molecular flexibility index (Phi) is 4.03. The van der Waals surface area contributed by atoms with Crippen LogP contribution in [0.2, 0.25) is 0 Å². The number of amides is 2. The summed E-state index contributed by atoms with van der Waals surface area (Å²) >= 11 is 0. The number of piperidine rings is 1. The average Bonchev–Trinajstić information content (AvgIpc) is 3.20. The topological polar surface area (TPSA) is 58.4 Å². The predicted octanol–water partition coefficient (Wildman–Crippen LogP) is 1.63. The van der Waals surface area contributed by atoms with Gasteiger partial charge in [-0.3, -0.25) is 9.59 Å². The number of aromatic nitrogens is 2. The number of imidazole rings is 1. The molecule has 1 aromatic carbocycles. The lowest BCUT2D eigenvalue weighted by Gasteiger charge is -2.37. The molecule has 2 fully saturated rings. The molecule has 2 aromatic rings. The van der Waals surface area contributed by atoms with Crippen molar-refractivity contribution < 1.29 is 9.59 Å². The van der Waals surface area contributed by atoms with Gasteiger partial charge in [0.15, 0.2) is 0 Å². The Labute approximate surface area is 147 Å². The third kappa shape index (κ3) is 2.92. The Morgan fingerprint density at radius 2 is 2.08 bits per heavy atom. The summed E-state index contributed by atoms with van der Waals surface area (Å²) in [5.74, 6) is 1.48. The molecule has 2 amide bonds. The fourth-order valence-corrected chi connectivity index (χ4v) is 3.97.